The number of fused-ring (bicyclic) bond motifs is 1. The Bertz CT molecular complexity index is 1130. The fourth-order valence-corrected chi connectivity index (χ4v) is 3.11. The minimum Gasteiger partial charge on any atom is -0.462 e. The maximum atomic E-state index is 12.5. The average Bonchev–Trinajstić information content (AvgIpc) is 2.84. The molecule has 0 radical (unpaired) electrons. The van der Waals surface area contributed by atoms with Gasteiger partial charge in [-0.25, -0.2) is 14.4 Å². The maximum absolute atomic E-state index is 12.5. The monoisotopic (exact) mass is 451 g/mol. The van der Waals surface area contributed by atoms with E-state index in [0.29, 0.717) is 40.7 Å². The molecule has 1 N–H and O–H groups in total. The highest BCUT2D eigenvalue weighted by Gasteiger charge is 2.18. The highest BCUT2D eigenvalue weighted by atomic mass is 16.5. The fourth-order valence-electron chi connectivity index (χ4n) is 3.11. The molecule has 0 unspecified atom stereocenters. The predicted octanol–water partition coefficient (Wildman–Crippen LogP) is 3.64. The molecule has 2 aromatic heterocycles. The average molecular weight is 451 g/mol. The van der Waals surface area contributed by atoms with Crippen molar-refractivity contribution in [1.29, 1.82) is 0 Å². The lowest BCUT2D eigenvalue weighted by Crippen LogP contribution is -2.14. The van der Waals surface area contributed by atoms with Gasteiger partial charge in [0, 0.05) is 30.5 Å². The summed E-state index contributed by atoms with van der Waals surface area (Å²) in [6.07, 6.45) is 4.94. The van der Waals surface area contributed by atoms with Crippen LogP contribution in [-0.2, 0) is 14.2 Å². The summed E-state index contributed by atoms with van der Waals surface area (Å²) in [5, 5.41) is 3.79. The van der Waals surface area contributed by atoms with E-state index in [1.165, 1.54) is 12.4 Å². The van der Waals surface area contributed by atoms with Gasteiger partial charge in [-0.15, -0.1) is 0 Å². The normalized spacial score (nSPS) is 10.5. The van der Waals surface area contributed by atoms with E-state index in [1.54, 1.807) is 50.4 Å². The van der Waals surface area contributed by atoms with Crippen LogP contribution in [0.5, 0.6) is 0 Å². The molecule has 3 rings (SSSR count). The smallest absolute Gasteiger partial charge is 0.341 e. The third-order valence-corrected chi connectivity index (χ3v) is 4.63. The van der Waals surface area contributed by atoms with Crippen LogP contribution in [0.1, 0.15) is 51.3 Å². The van der Waals surface area contributed by atoms with Gasteiger partial charge in [-0.05, 0) is 50.6 Å². The number of hydrogen-bond donors (Lipinski definition) is 1. The Labute approximate surface area is 191 Å². The van der Waals surface area contributed by atoms with E-state index in [0.717, 1.165) is 0 Å². The van der Waals surface area contributed by atoms with Crippen LogP contribution in [0.2, 0.25) is 0 Å². The SMILES string of the molecule is CCOC(=O)c1ccc2ncc(C(=O)OCC)c(NCCCOC(=O)c3cccnc3)c2c1. The lowest BCUT2D eigenvalue weighted by atomic mass is 10.1. The predicted molar refractivity (Wildman–Crippen MR) is 121 cm³/mol. The molecule has 33 heavy (non-hydrogen) atoms. The van der Waals surface area contributed by atoms with Crippen LogP contribution in [0.4, 0.5) is 5.69 Å². The van der Waals surface area contributed by atoms with E-state index >= 15 is 0 Å². The lowest BCUT2D eigenvalue weighted by molar-refractivity contribution is 0.0499. The Kier molecular flexibility index (Phi) is 8.29. The zero-order valence-electron chi connectivity index (χ0n) is 18.5. The van der Waals surface area contributed by atoms with Gasteiger partial charge in [0.25, 0.3) is 0 Å². The molecule has 9 heteroatoms. The minimum atomic E-state index is -0.529. The van der Waals surface area contributed by atoms with Crippen LogP contribution in [-0.4, -0.2) is 54.2 Å². The summed E-state index contributed by atoms with van der Waals surface area (Å²) < 4.78 is 15.5. The van der Waals surface area contributed by atoms with Gasteiger partial charge in [0.15, 0.2) is 0 Å². The van der Waals surface area contributed by atoms with E-state index in [2.05, 4.69) is 15.3 Å². The number of carbonyl (C=O) groups excluding carboxylic acids is 3. The molecule has 0 saturated carbocycles. The van der Waals surface area contributed by atoms with Crippen molar-refractivity contribution in [1.82, 2.24) is 9.97 Å². The summed E-state index contributed by atoms with van der Waals surface area (Å²) >= 11 is 0. The first-order chi connectivity index (χ1) is 16.0. The summed E-state index contributed by atoms with van der Waals surface area (Å²) in [4.78, 5) is 44.9. The van der Waals surface area contributed by atoms with Crippen molar-refractivity contribution in [3.8, 4) is 0 Å². The Morgan fingerprint density at radius 2 is 1.67 bits per heavy atom. The Morgan fingerprint density at radius 1 is 0.909 bits per heavy atom. The van der Waals surface area contributed by atoms with Crippen LogP contribution in [0.15, 0.2) is 48.9 Å². The van der Waals surface area contributed by atoms with Crippen LogP contribution in [0, 0.1) is 0 Å². The van der Waals surface area contributed by atoms with Crippen molar-refractivity contribution in [3.63, 3.8) is 0 Å². The lowest BCUT2D eigenvalue weighted by Gasteiger charge is -2.15. The number of benzene rings is 1. The highest BCUT2D eigenvalue weighted by molar-refractivity contribution is 6.06. The number of hydrogen-bond acceptors (Lipinski definition) is 9. The molecule has 0 aliphatic heterocycles. The molecule has 172 valence electrons. The number of carbonyl (C=O) groups is 3. The quantitative estimate of drug-likeness (QED) is 0.280. The van der Waals surface area contributed by atoms with Gasteiger partial charge < -0.3 is 19.5 Å². The van der Waals surface area contributed by atoms with Crippen molar-refractivity contribution < 1.29 is 28.6 Å². The largest absolute Gasteiger partial charge is 0.462 e. The standard InChI is InChI=1S/C24H25N3O6/c1-3-31-22(28)16-8-9-20-18(13-16)21(19(15-27-20)24(30)32-4-2)26-11-6-12-33-23(29)17-7-5-10-25-14-17/h5,7-10,13-15H,3-4,6,11-12H2,1-2H3,(H,26,27). The molecule has 0 amide bonds. The van der Waals surface area contributed by atoms with Crippen LogP contribution >= 0.6 is 0 Å². The molecule has 0 aliphatic rings. The first-order valence-corrected chi connectivity index (χ1v) is 10.6. The summed E-state index contributed by atoms with van der Waals surface area (Å²) in [6, 6.07) is 8.24. The fraction of sp³-hybridized carbons (Fsp3) is 0.292. The zero-order chi connectivity index (χ0) is 23.6. The molecule has 0 spiro atoms. The van der Waals surface area contributed by atoms with Crippen molar-refractivity contribution in [2.24, 2.45) is 0 Å². The number of anilines is 1. The van der Waals surface area contributed by atoms with E-state index in [-0.39, 0.29) is 25.4 Å². The molecular formula is C24H25N3O6. The van der Waals surface area contributed by atoms with Crippen molar-refractivity contribution in [2.45, 2.75) is 20.3 Å². The molecule has 9 nitrogen and oxygen atoms in total. The molecule has 1 aromatic carbocycles. The topological polar surface area (TPSA) is 117 Å². The first-order valence-electron chi connectivity index (χ1n) is 10.6. The molecule has 0 aliphatic carbocycles. The molecule has 3 aromatic rings. The summed E-state index contributed by atoms with van der Waals surface area (Å²) in [6.45, 7) is 4.48. The molecular weight excluding hydrogens is 426 g/mol. The van der Waals surface area contributed by atoms with E-state index < -0.39 is 17.9 Å². The Morgan fingerprint density at radius 3 is 2.39 bits per heavy atom. The second-order valence-electron chi connectivity index (χ2n) is 6.88. The molecule has 0 atom stereocenters. The number of rotatable bonds is 10. The van der Waals surface area contributed by atoms with E-state index in [4.69, 9.17) is 14.2 Å². The van der Waals surface area contributed by atoms with Gasteiger partial charge in [-0.2, -0.15) is 0 Å². The van der Waals surface area contributed by atoms with Crippen molar-refractivity contribution >= 4 is 34.5 Å². The first kappa shape index (κ1) is 23.6. The second kappa shape index (κ2) is 11.6. The zero-order valence-corrected chi connectivity index (χ0v) is 18.5. The molecule has 0 fully saturated rings. The second-order valence-corrected chi connectivity index (χ2v) is 6.88. The number of esters is 3. The molecule has 2 heterocycles. The summed E-state index contributed by atoms with van der Waals surface area (Å²) in [7, 11) is 0. The van der Waals surface area contributed by atoms with Gasteiger partial charge >= 0.3 is 17.9 Å². The minimum absolute atomic E-state index is 0.173. The molecule has 0 saturated heterocycles. The number of pyridine rings is 2. The van der Waals surface area contributed by atoms with Gasteiger partial charge in [-0.3, -0.25) is 9.97 Å². The summed E-state index contributed by atoms with van der Waals surface area (Å²) in [5.41, 5.74) is 2.06. The van der Waals surface area contributed by atoms with E-state index in [1.807, 2.05) is 0 Å². The summed E-state index contributed by atoms with van der Waals surface area (Å²) in [5.74, 6) is -1.45. The van der Waals surface area contributed by atoms with Crippen molar-refractivity contribution in [3.05, 3.63) is 65.6 Å². The van der Waals surface area contributed by atoms with Gasteiger partial charge in [0.2, 0.25) is 0 Å². The third-order valence-electron chi connectivity index (χ3n) is 4.63. The third kappa shape index (κ3) is 6.03. The van der Waals surface area contributed by atoms with Gasteiger partial charge in [-0.1, -0.05) is 0 Å². The molecule has 0 bridgehead atoms. The van der Waals surface area contributed by atoms with Crippen LogP contribution in [0.3, 0.4) is 0 Å². The number of nitrogens with zero attached hydrogens (tertiary/aromatic N) is 2. The number of ether oxygens (including phenoxy) is 3. The maximum Gasteiger partial charge on any atom is 0.341 e. The Balaban J connectivity index is 1.76. The van der Waals surface area contributed by atoms with Gasteiger partial charge in [0.1, 0.15) is 5.56 Å². The Hall–Kier alpha value is -4.01. The van der Waals surface area contributed by atoms with Crippen molar-refractivity contribution in [2.75, 3.05) is 31.7 Å². The highest BCUT2D eigenvalue weighted by Crippen LogP contribution is 2.28. The van der Waals surface area contributed by atoms with Crippen LogP contribution in [0.25, 0.3) is 10.9 Å². The van der Waals surface area contributed by atoms with Crippen LogP contribution < -0.4 is 5.32 Å². The van der Waals surface area contributed by atoms with Gasteiger partial charge in [0.05, 0.1) is 42.2 Å². The number of nitrogens with one attached hydrogen (secondary N) is 1. The van der Waals surface area contributed by atoms with E-state index in [9.17, 15) is 14.4 Å². The number of aromatic nitrogens is 2.